The van der Waals surface area contributed by atoms with Crippen LogP contribution in [0.25, 0.3) is 0 Å². The SMILES string of the molecule is CCCC(=O)OC[C@H](O)COc1ccccc1Br. The molecule has 0 radical (unpaired) electrons. The summed E-state index contributed by atoms with van der Waals surface area (Å²) in [6, 6.07) is 7.36. The Morgan fingerprint density at radius 2 is 2.11 bits per heavy atom. The number of carbonyl (C=O) groups excluding carboxylic acids is 1. The monoisotopic (exact) mass is 316 g/mol. The van der Waals surface area contributed by atoms with Gasteiger partial charge in [0.05, 0.1) is 4.47 Å². The third-order valence-electron chi connectivity index (χ3n) is 2.16. The van der Waals surface area contributed by atoms with Crippen molar-refractivity contribution in [2.24, 2.45) is 0 Å². The Morgan fingerprint density at radius 3 is 2.78 bits per heavy atom. The van der Waals surface area contributed by atoms with Gasteiger partial charge in [0.25, 0.3) is 0 Å². The number of hydrogen-bond donors (Lipinski definition) is 1. The summed E-state index contributed by atoms with van der Waals surface area (Å²) in [6.07, 6.45) is 0.290. The Bertz CT molecular complexity index is 381. The van der Waals surface area contributed by atoms with E-state index in [9.17, 15) is 9.90 Å². The Labute approximate surface area is 115 Å². The average Bonchev–Trinajstić information content (AvgIpc) is 2.36. The van der Waals surface area contributed by atoms with Gasteiger partial charge in [-0.05, 0) is 34.5 Å². The Kier molecular flexibility index (Phi) is 6.75. The molecule has 1 aromatic carbocycles. The largest absolute Gasteiger partial charge is 0.490 e. The zero-order chi connectivity index (χ0) is 13.4. The van der Waals surface area contributed by atoms with E-state index in [-0.39, 0.29) is 19.2 Å². The summed E-state index contributed by atoms with van der Waals surface area (Å²) >= 11 is 3.34. The van der Waals surface area contributed by atoms with Crippen LogP contribution in [0.4, 0.5) is 0 Å². The lowest BCUT2D eigenvalue weighted by Gasteiger charge is -2.13. The standard InChI is InChI=1S/C13H17BrO4/c1-2-5-13(16)18-9-10(15)8-17-12-7-4-3-6-11(12)14/h3-4,6-7,10,15H,2,5,8-9H2,1H3/t10-/m1/s1. The lowest BCUT2D eigenvalue weighted by molar-refractivity contribution is -0.147. The molecule has 100 valence electrons. The molecule has 0 saturated heterocycles. The molecule has 0 aliphatic heterocycles. The third-order valence-corrected chi connectivity index (χ3v) is 2.81. The molecule has 0 unspecified atom stereocenters. The minimum absolute atomic E-state index is 0.0384. The molecule has 0 heterocycles. The van der Waals surface area contributed by atoms with Crippen molar-refractivity contribution in [1.29, 1.82) is 0 Å². The van der Waals surface area contributed by atoms with Crippen LogP contribution in [0.5, 0.6) is 5.75 Å². The lowest BCUT2D eigenvalue weighted by Crippen LogP contribution is -2.25. The summed E-state index contributed by atoms with van der Waals surface area (Å²) in [5, 5.41) is 9.60. The maximum Gasteiger partial charge on any atom is 0.305 e. The number of hydrogen-bond acceptors (Lipinski definition) is 4. The minimum atomic E-state index is -0.821. The number of aliphatic hydroxyl groups excluding tert-OH is 1. The molecule has 1 atom stereocenters. The summed E-state index contributed by atoms with van der Waals surface area (Å²) in [7, 11) is 0. The molecule has 0 aliphatic carbocycles. The van der Waals surface area contributed by atoms with E-state index >= 15 is 0 Å². The number of benzene rings is 1. The maximum atomic E-state index is 11.1. The van der Waals surface area contributed by atoms with Gasteiger partial charge in [-0.3, -0.25) is 4.79 Å². The molecule has 0 fully saturated rings. The fourth-order valence-corrected chi connectivity index (χ4v) is 1.66. The molecule has 1 aromatic rings. The van der Waals surface area contributed by atoms with Gasteiger partial charge < -0.3 is 14.6 Å². The number of aliphatic hydroxyl groups is 1. The van der Waals surface area contributed by atoms with Crippen LogP contribution >= 0.6 is 15.9 Å². The van der Waals surface area contributed by atoms with Gasteiger partial charge in [-0.2, -0.15) is 0 Å². The lowest BCUT2D eigenvalue weighted by atomic mass is 10.3. The second kappa shape index (κ2) is 8.11. The summed E-state index contributed by atoms with van der Waals surface area (Å²) < 4.78 is 11.1. The molecule has 0 aromatic heterocycles. The van der Waals surface area contributed by atoms with E-state index in [1.807, 2.05) is 25.1 Å². The first kappa shape index (κ1) is 15.0. The third kappa shape index (κ3) is 5.51. The molecule has 0 saturated carbocycles. The molecule has 18 heavy (non-hydrogen) atoms. The van der Waals surface area contributed by atoms with E-state index in [1.54, 1.807) is 6.07 Å². The van der Waals surface area contributed by atoms with E-state index in [1.165, 1.54) is 0 Å². The van der Waals surface area contributed by atoms with Gasteiger partial charge in [-0.15, -0.1) is 0 Å². The highest BCUT2D eigenvalue weighted by Gasteiger charge is 2.10. The van der Waals surface area contributed by atoms with Gasteiger partial charge in [-0.1, -0.05) is 19.1 Å². The highest BCUT2D eigenvalue weighted by atomic mass is 79.9. The molecule has 1 N–H and O–H groups in total. The second-order valence-corrected chi connectivity index (χ2v) is 4.68. The number of rotatable bonds is 7. The quantitative estimate of drug-likeness (QED) is 0.785. The van der Waals surface area contributed by atoms with E-state index in [2.05, 4.69) is 15.9 Å². The zero-order valence-electron chi connectivity index (χ0n) is 10.3. The van der Waals surface area contributed by atoms with E-state index in [0.717, 1.165) is 10.9 Å². The van der Waals surface area contributed by atoms with Crippen LogP contribution in [0.1, 0.15) is 19.8 Å². The highest BCUT2D eigenvalue weighted by molar-refractivity contribution is 9.10. The van der Waals surface area contributed by atoms with Crippen LogP contribution in [0.15, 0.2) is 28.7 Å². The molecule has 4 nitrogen and oxygen atoms in total. The van der Waals surface area contributed by atoms with Crippen molar-refractivity contribution >= 4 is 21.9 Å². The van der Waals surface area contributed by atoms with Crippen molar-refractivity contribution in [2.75, 3.05) is 13.2 Å². The van der Waals surface area contributed by atoms with Crippen molar-refractivity contribution in [3.05, 3.63) is 28.7 Å². The van der Waals surface area contributed by atoms with Crippen LogP contribution in [0.3, 0.4) is 0 Å². The smallest absolute Gasteiger partial charge is 0.305 e. The zero-order valence-corrected chi connectivity index (χ0v) is 11.9. The van der Waals surface area contributed by atoms with Crippen LogP contribution in [-0.4, -0.2) is 30.4 Å². The fourth-order valence-electron chi connectivity index (χ4n) is 1.26. The van der Waals surface area contributed by atoms with Gasteiger partial charge in [0.15, 0.2) is 0 Å². The summed E-state index contributed by atoms with van der Waals surface area (Å²) in [5.41, 5.74) is 0. The molecular formula is C13H17BrO4. The number of halogens is 1. The molecule has 0 amide bonds. The molecule has 0 aliphatic rings. The highest BCUT2D eigenvalue weighted by Crippen LogP contribution is 2.23. The van der Waals surface area contributed by atoms with Gasteiger partial charge in [0.1, 0.15) is 25.1 Å². The normalized spacial score (nSPS) is 11.9. The molecule has 5 heteroatoms. The van der Waals surface area contributed by atoms with Crippen LogP contribution < -0.4 is 4.74 Å². The summed E-state index contributed by atoms with van der Waals surface area (Å²) in [5.74, 6) is 0.355. The average molecular weight is 317 g/mol. The Balaban J connectivity index is 2.27. The number of esters is 1. The Morgan fingerprint density at radius 1 is 1.39 bits per heavy atom. The fraction of sp³-hybridized carbons (Fsp3) is 0.462. The van der Waals surface area contributed by atoms with E-state index in [0.29, 0.717) is 12.2 Å². The topological polar surface area (TPSA) is 55.8 Å². The van der Waals surface area contributed by atoms with E-state index < -0.39 is 6.10 Å². The maximum absolute atomic E-state index is 11.1. The van der Waals surface area contributed by atoms with Gasteiger partial charge in [0, 0.05) is 6.42 Å². The second-order valence-electron chi connectivity index (χ2n) is 3.83. The van der Waals surface area contributed by atoms with Gasteiger partial charge in [0.2, 0.25) is 0 Å². The van der Waals surface area contributed by atoms with Crippen LogP contribution in [0, 0.1) is 0 Å². The molecule has 1 rings (SSSR count). The predicted molar refractivity (Wildman–Crippen MR) is 71.5 cm³/mol. The van der Waals surface area contributed by atoms with Crippen molar-refractivity contribution < 1.29 is 19.4 Å². The van der Waals surface area contributed by atoms with Crippen molar-refractivity contribution in [3.63, 3.8) is 0 Å². The predicted octanol–water partition coefficient (Wildman–Crippen LogP) is 2.53. The van der Waals surface area contributed by atoms with Gasteiger partial charge >= 0.3 is 5.97 Å². The Hall–Kier alpha value is -1.07. The molecule has 0 spiro atoms. The van der Waals surface area contributed by atoms with Crippen molar-refractivity contribution in [1.82, 2.24) is 0 Å². The first-order valence-corrected chi connectivity index (χ1v) is 6.63. The first-order chi connectivity index (χ1) is 8.63. The number of para-hydroxylation sites is 1. The van der Waals surface area contributed by atoms with Crippen LogP contribution in [-0.2, 0) is 9.53 Å². The van der Waals surface area contributed by atoms with Gasteiger partial charge in [-0.25, -0.2) is 0 Å². The van der Waals surface area contributed by atoms with Crippen molar-refractivity contribution in [3.8, 4) is 5.75 Å². The van der Waals surface area contributed by atoms with Crippen molar-refractivity contribution in [2.45, 2.75) is 25.9 Å². The minimum Gasteiger partial charge on any atom is -0.490 e. The van der Waals surface area contributed by atoms with Crippen LogP contribution in [0.2, 0.25) is 0 Å². The first-order valence-electron chi connectivity index (χ1n) is 5.84. The molecular weight excluding hydrogens is 300 g/mol. The summed E-state index contributed by atoms with van der Waals surface area (Å²) in [6.45, 7) is 1.94. The number of carbonyl (C=O) groups is 1. The molecule has 0 bridgehead atoms. The number of ether oxygens (including phenoxy) is 2. The van der Waals surface area contributed by atoms with E-state index in [4.69, 9.17) is 9.47 Å². The summed E-state index contributed by atoms with van der Waals surface area (Å²) in [4.78, 5) is 11.1.